The average Bonchev–Trinajstić information content (AvgIpc) is 2.87. The van der Waals surface area contributed by atoms with Crippen molar-refractivity contribution in [3.05, 3.63) is 24.5 Å². The molecular formula is C11H16N4O. The summed E-state index contributed by atoms with van der Waals surface area (Å²) < 4.78 is 1.81. The maximum atomic E-state index is 11.7. The van der Waals surface area contributed by atoms with Crippen molar-refractivity contribution in [3.63, 3.8) is 0 Å². The summed E-state index contributed by atoms with van der Waals surface area (Å²) >= 11 is 0. The standard InChI is InChI=1S/C11H16N4O/c1-8(2)15-7-9(6-13-15)14-11(16)10-4-3-5-12-10/h3-4,6-8,10,12H,5H2,1-2H3,(H,14,16). The molecule has 0 bridgehead atoms. The van der Waals surface area contributed by atoms with Crippen LogP contribution in [-0.2, 0) is 4.79 Å². The van der Waals surface area contributed by atoms with Crippen molar-refractivity contribution in [2.75, 3.05) is 11.9 Å². The minimum absolute atomic E-state index is 0.0444. The van der Waals surface area contributed by atoms with Crippen molar-refractivity contribution in [1.82, 2.24) is 15.1 Å². The number of rotatable bonds is 3. The van der Waals surface area contributed by atoms with Crippen LogP contribution in [0.1, 0.15) is 19.9 Å². The summed E-state index contributed by atoms with van der Waals surface area (Å²) in [6.45, 7) is 4.84. The molecule has 0 saturated carbocycles. The second-order valence-corrected chi connectivity index (χ2v) is 4.11. The van der Waals surface area contributed by atoms with Gasteiger partial charge in [-0.3, -0.25) is 14.8 Å². The zero-order valence-electron chi connectivity index (χ0n) is 9.47. The van der Waals surface area contributed by atoms with Crippen LogP contribution in [0.25, 0.3) is 0 Å². The molecule has 0 aromatic carbocycles. The highest BCUT2D eigenvalue weighted by molar-refractivity contribution is 5.96. The van der Waals surface area contributed by atoms with Gasteiger partial charge in [-0.15, -0.1) is 0 Å². The van der Waals surface area contributed by atoms with Gasteiger partial charge in [-0.05, 0) is 13.8 Å². The lowest BCUT2D eigenvalue weighted by Gasteiger charge is -2.08. The summed E-state index contributed by atoms with van der Waals surface area (Å²) in [6.07, 6.45) is 7.31. The van der Waals surface area contributed by atoms with Crippen molar-refractivity contribution in [2.24, 2.45) is 0 Å². The Morgan fingerprint density at radius 2 is 2.50 bits per heavy atom. The van der Waals surface area contributed by atoms with Crippen molar-refractivity contribution in [2.45, 2.75) is 25.9 Å². The van der Waals surface area contributed by atoms with Gasteiger partial charge < -0.3 is 5.32 Å². The highest BCUT2D eigenvalue weighted by atomic mass is 16.2. The van der Waals surface area contributed by atoms with Gasteiger partial charge in [-0.25, -0.2) is 0 Å². The first-order valence-corrected chi connectivity index (χ1v) is 5.42. The van der Waals surface area contributed by atoms with E-state index in [4.69, 9.17) is 0 Å². The van der Waals surface area contributed by atoms with Crippen molar-refractivity contribution < 1.29 is 4.79 Å². The van der Waals surface area contributed by atoms with E-state index in [-0.39, 0.29) is 11.9 Å². The average molecular weight is 220 g/mol. The molecule has 1 aliphatic rings. The molecular weight excluding hydrogens is 204 g/mol. The predicted molar refractivity (Wildman–Crippen MR) is 62.2 cm³/mol. The first kappa shape index (κ1) is 10.9. The van der Waals surface area contributed by atoms with Crippen molar-refractivity contribution in [3.8, 4) is 0 Å². The summed E-state index contributed by atoms with van der Waals surface area (Å²) in [5, 5.41) is 10.0. The second kappa shape index (κ2) is 4.49. The summed E-state index contributed by atoms with van der Waals surface area (Å²) in [5.41, 5.74) is 0.737. The Kier molecular flexibility index (Phi) is 3.05. The summed E-state index contributed by atoms with van der Waals surface area (Å²) in [6, 6.07) is 0.0811. The Hall–Kier alpha value is -1.62. The molecule has 1 unspecified atom stereocenters. The van der Waals surface area contributed by atoms with Crippen LogP contribution in [0.3, 0.4) is 0 Å². The lowest BCUT2D eigenvalue weighted by molar-refractivity contribution is -0.116. The fourth-order valence-electron chi connectivity index (χ4n) is 1.55. The molecule has 16 heavy (non-hydrogen) atoms. The number of aromatic nitrogens is 2. The molecule has 1 aromatic rings. The number of hydrogen-bond donors (Lipinski definition) is 2. The lowest BCUT2D eigenvalue weighted by Crippen LogP contribution is -2.35. The maximum Gasteiger partial charge on any atom is 0.245 e. The Balaban J connectivity index is 1.97. The van der Waals surface area contributed by atoms with Gasteiger partial charge in [-0.2, -0.15) is 5.10 Å². The van der Waals surface area contributed by atoms with Gasteiger partial charge in [-0.1, -0.05) is 12.2 Å². The van der Waals surface area contributed by atoms with Crippen LogP contribution >= 0.6 is 0 Å². The minimum Gasteiger partial charge on any atom is -0.322 e. The van der Waals surface area contributed by atoms with E-state index < -0.39 is 0 Å². The number of hydrogen-bond acceptors (Lipinski definition) is 3. The molecule has 5 nitrogen and oxygen atoms in total. The van der Waals surface area contributed by atoms with Crippen molar-refractivity contribution >= 4 is 11.6 Å². The Labute approximate surface area is 94.5 Å². The number of nitrogens with one attached hydrogen (secondary N) is 2. The topological polar surface area (TPSA) is 59.0 Å². The molecule has 1 aliphatic heterocycles. The van der Waals surface area contributed by atoms with Crippen molar-refractivity contribution in [1.29, 1.82) is 0 Å². The van der Waals surface area contributed by atoms with E-state index in [1.54, 1.807) is 6.20 Å². The third-order valence-electron chi connectivity index (χ3n) is 2.46. The number of nitrogens with zero attached hydrogens (tertiary/aromatic N) is 2. The van der Waals surface area contributed by atoms with Gasteiger partial charge >= 0.3 is 0 Å². The summed E-state index contributed by atoms with van der Waals surface area (Å²) in [4.78, 5) is 11.7. The molecule has 5 heteroatoms. The molecule has 1 amide bonds. The molecule has 0 fully saturated rings. The van der Waals surface area contributed by atoms with Crippen LogP contribution in [0, 0.1) is 0 Å². The molecule has 2 N–H and O–H groups in total. The summed E-state index contributed by atoms with van der Waals surface area (Å²) in [7, 11) is 0. The van der Waals surface area contributed by atoms with Crippen LogP contribution < -0.4 is 10.6 Å². The summed E-state index contributed by atoms with van der Waals surface area (Å²) in [5.74, 6) is -0.0444. The van der Waals surface area contributed by atoms with E-state index in [0.717, 1.165) is 12.2 Å². The number of amides is 1. The zero-order chi connectivity index (χ0) is 11.5. The van der Waals surface area contributed by atoms with Crippen LogP contribution in [-0.4, -0.2) is 28.3 Å². The van der Waals surface area contributed by atoms with Gasteiger partial charge in [0.2, 0.25) is 5.91 Å². The Morgan fingerprint density at radius 1 is 1.69 bits per heavy atom. The molecule has 0 saturated heterocycles. The SMILES string of the molecule is CC(C)n1cc(NC(=O)C2C=CCN2)cn1. The molecule has 2 heterocycles. The first-order valence-electron chi connectivity index (χ1n) is 5.42. The largest absolute Gasteiger partial charge is 0.322 e. The fraction of sp³-hybridized carbons (Fsp3) is 0.455. The normalized spacial score (nSPS) is 19.3. The molecule has 1 aromatic heterocycles. The molecule has 1 atom stereocenters. The number of carbonyl (C=O) groups excluding carboxylic acids is 1. The van der Waals surface area contributed by atoms with Gasteiger partial charge in [0.1, 0.15) is 6.04 Å². The minimum atomic E-state index is -0.220. The molecule has 0 radical (unpaired) electrons. The third kappa shape index (κ3) is 2.30. The van der Waals surface area contributed by atoms with E-state index in [2.05, 4.69) is 15.7 Å². The maximum absolute atomic E-state index is 11.7. The fourth-order valence-corrected chi connectivity index (χ4v) is 1.55. The quantitative estimate of drug-likeness (QED) is 0.745. The molecule has 86 valence electrons. The second-order valence-electron chi connectivity index (χ2n) is 4.11. The van der Waals surface area contributed by atoms with E-state index in [9.17, 15) is 4.79 Å². The Morgan fingerprint density at radius 3 is 3.06 bits per heavy atom. The van der Waals surface area contributed by atoms with Gasteiger partial charge in [0.15, 0.2) is 0 Å². The van der Waals surface area contributed by atoms with Crippen LogP contribution in [0.4, 0.5) is 5.69 Å². The number of anilines is 1. The monoisotopic (exact) mass is 220 g/mol. The zero-order valence-corrected chi connectivity index (χ0v) is 9.47. The highest BCUT2D eigenvalue weighted by Gasteiger charge is 2.17. The third-order valence-corrected chi connectivity index (χ3v) is 2.46. The first-order chi connectivity index (χ1) is 7.66. The Bertz CT molecular complexity index is 408. The molecule has 2 rings (SSSR count). The van der Waals surface area contributed by atoms with Gasteiger partial charge in [0, 0.05) is 18.8 Å². The van der Waals surface area contributed by atoms with Crippen LogP contribution in [0.2, 0.25) is 0 Å². The lowest BCUT2D eigenvalue weighted by atomic mass is 10.3. The smallest absolute Gasteiger partial charge is 0.245 e. The highest BCUT2D eigenvalue weighted by Crippen LogP contribution is 2.10. The van der Waals surface area contributed by atoms with E-state index in [1.165, 1.54) is 0 Å². The molecule has 0 aliphatic carbocycles. The van der Waals surface area contributed by atoms with Gasteiger partial charge in [0.05, 0.1) is 11.9 Å². The van der Waals surface area contributed by atoms with Gasteiger partial charge in [0.25, 0.3) is 0 Å². The van der Waals surface area contributed by atoms with E-state index in [0.29, 0.717) is 6.04 Å². The number of carbonyl (C=O) groups is 1. The van der Waals surface area contributed by atoms with E-state index >= 15 is 0 Å². The van der Waals surface area contributed by atoms with E-state index in [1.807, 2.05) is 36.9 Å². The van der Waals surface area contributed by atoms with Crippen LogP contribution in [0.15, 0.2) is 24.5 Å². The molecule has 0 spiro atoms. The predicted octanol–water partition coefficient (Wildman–Crippen LogP) is 0.930. The van der Waals surface area contributed by atoms with Crippen LogP contribution in [0.5, 0.6) is 0 Å².